The zero-order chi connectivity index (χ0) is 18.7. The molecule has 0 aliphatic carbocycles. The van der Waals surface area contributed by atoms with E-state index in [1.165, 1.54) is 21.0 Å². The molecule has 1 heterocycles. The number of nitrogens with one attached hydrogen (secondary N) is 3. The van der Waals surface area contributed by atoms with Gasteiger partial charge in [0.05, 0.1) is 18.5 Å². The van der Waals surface area contributed by atoms with Gasteiger partial charge < -0.3 is 20.4 Å². The molecule has 0 fully saturated rings. The number of Topliss-reactive ketones (excluding diaryl/α,β-unsaturated/α-hetero) is 1. The van der Waals surface area contributed by atoms with Crippen LogP contribution in [0.2, 0.25) is 0 Å². The molecule has 7 nitrogen and oxygen atoms in total. The third kappa shape index (κ3) is 3.88. The van der Waals surface area contributed by atoms with E-state index >= 15 is 0 Å². The molecule has 2 aromatic rings. The predicted octanol–water partition coefficient (Wildman–Crippen LogP) is 3.05. The van der Waals surface area contributed by atoms with Crippen molar-refractivity contribution >= 4 is 29.0 Å². The minimum atomic E-state index is -0.409. The lowest BCUT2D eigenvalue weighted by Gasteiger charge is -2.13. The minimum absolute atomic E-state index is 0.106. The molecule has 0 bridgehead atoms. The molecule has 0 saturated carbocycles. The molecule has 3 N–H and O–H groups in total. The number of ether oxygens (including phenoxy) is 1. The van der Waals surface area contributed by atoms with Crippen molar-refractivity contribution in [2.24, 2.45) is 0 Å². The summed E-state index contributed by atoms with van der Waals surface area (Å²) < 4.78 is 5.16. The van der Waals surface area contributed by atoms with Gasteiger partial charge in [0, 0.05) is 24.2 Å². The number of aromatic amines is 1. The molecule has 2 rings (SSSR count). The number of hydrogen-bond acceptors (Lipinski definition) is 4. The smallest absolute Gasteiger partial charge is 0.272 e. The van der Waals surface area contributed by atoms with Crippen LogP contribution in [0.25, 0.3) is 0 Å². The van der Waals surface area contributed by atoms with E-state index in [-0.39, 0.29) is 11.7 Å². The Balaban J connectivity index is 2.39. The Kier molecular flexibility index (Phi) is 5.26. The third-order valence-corrected chi connectivity index (χ3v) is 3.80. The SMILES string of the molecule is COc1ccc(NC(C)=O)c(NC(=O)c2[nH]c(C)c(C(C)=O)c2C)c1. The van der Waals surface area contributed by atoms with Crippen molar-refractivity contribution in [2.45, 2.75) is 27.7 Å². The van der Waals surface area contributed by atoms with Gasteiger partial charge in [-0.3, -0.25) is 14.4 Å². The average molecular weight is 343 g/mol. The molecule has 0 unspecified atom stereocenters. The van der Waals surface area contributed by atoms with Crippen LogP contribution in [0, 0.1) is 13.8 Å². The number of methoxy groups -OCH3 is 1. The Hall–Kier alpha value is -3.09. The minimum Gasteiger partial charge on any atom is -0.497 e. The fourth-order valence-electron chi connectivity index (χ4n) is 2.74. The second-order valence-electron chi connectivity index (χ2n) is 5.73. The number of rotatable bonds is 5. The van der Waals surface area contributed by atoms with E-state index in [2.05, 4.69) is 15.6 Å². The van der Waals surface area contributed by atoms with Crippen LogP contribution in [-0.2, 0) is 4.79 Å². The number of anilines is 2. The van der Waals surface area contributed by atoms with Crippen LogP contribution >= 0.6 is 0 Å². The number of H-pyrrole nitrogens is 1. The van der Waals surface area contributed by atoms with Crippen molar-refractivity contribution in [1.29, 1.82) is 0 Å². The van der Waals surface area contributed by atoms with Gasteiger partial charge in [-0.1, -0.05) is 0 Å². The number of carbonyl (C=O) groups excluding carboxylic acids is 3. The van der Waals surface area contributed by atoms with E-state index in [0.29, 0.717) is 39.6 Å². The standard InChI is InChI=1S/C18H21N3O4/c1-9-16(11(3)22)10(2)19-17(9)18(24)21-15-8-13(25-5)6-7-14(15)20-12(4)23/h6-8,19H,1-5H3,(H,20,23)(H,21,24). The number of aromatic nitrogens is 1. The average Bonchev–Trinajstić information content (AvgIpc) is 2.83. The molecule has 0 aliphatic heterocycles. The number of hydrogen-bond donors (Lipinski definition) is 3. The van der Waals surface area contributed by atoms with Crippen LogP contribution in [0.15, 0.2) is 18.2 Å². The first-order valence-electron chi connectivity index (χ1n) is 7.71. The lowest BCUT2D eigenvalue weighted by molar-refractivity contribution is -0.114. The summed E-state index contributed by atoms with van der Waals surface area (Å²) in [4.78, 5) is 38.7. The highest BCUT2D eigenvalue weighted by Gasteiger charge is 2.20. The fraction of sp³-hybridized carbons (Fsp3) is 0.278. The monoisotopic (exact) mass is 343 g/mol. The van der Waals surface area contributed by atoms with Gasteiger partial charge in [0.2, 0.25) is 5.91 Å². The summed E-state index contributed by atoms with van der Waals surface area (Å²) in [5.74, 6) is -0.238. The van der Waals surface area contributed by atoms with Crippen molar-refractivity contribution in [3.05, 3.63) is 40.7 Å². The van der Waals surface area contributed by atoms with Gasteiger partial charge in [0.1, 0.15) is 11.4 Å². The lowest BCUT2D eigenvalue weighted by atomic mass is 10.1. The molecular weight excluding hydrogens is 322 g/mol. The second-order valence-corrected chi connectivity index (χ2v) is 5.73. The zero-order valence-corrected chi connectivity index (χ0v) is 14.9. The molecule has 0 saturated heterocycles. The quantitative estimate of drug-likeness (QED) is 0.726. The highest BCUT2D eigenvalue weighted by molar-refractivity contribution is 6.09. The highest BCUT2D eigenvalue weighted by atomic mass is 16.5. The van der Waals surface area contributed by atoms with Gasteiger partial charge in [-0.25, -0.2) is 0 Å². The summed E-state index contributed by atoms with van der Waals surface area (Å²) in [6, 6.07) is 4.93. The lowest BCUT2D eigenvalue weighted by Crippen LogP contribution is -2.16. The summed E-state index contributed by atoms with van der Waals surface area (Å²) in [5.41, 5.74) is 2.90. The van der Waals surface area contributed by atoms with Crippen LogP contribution in [0.4, 0.5) is 11.4 Å². The van der Waals surface area contributed by atoms with Gasteiger partial charge in [-0.2, -0.15) is 0 Å². The maximum absolute atomic E-state index is 12.7. The van der Waals surface area contributed by atoms with E-state index in [4.69, 9.17) is 4.74 Å². The summed E-state index contributed by atoms with van der Waals surface area (Å²) in [5, 5.41) is 5.41. The van der Waals surface area contributed by atoms with Crippen LogP contribution < -0.4 is 15.4 Å². The van der Waals surface area contributed by atoms with E-state index in [1.54, 1.807) is 32.0 Å². The van der Waals surface area contributed by atoms with Crippen molar-refractivity contribution in [1.82, 2.24) is 4.98 Å². The number of aryl methyl sites for hydroxylation is 1. The Labute approximate surface area is 145 Å². The molecule has 0 radical (unpaired) electrons. The van der Waals surface area contributed by atoms with E-state index in [9.17, 15) is 14.4 Å². The van der Waals surface area contributed by atoms with Crippen molar-refractivity contribution in [3.63, 3.8) is 0 Å². The van der Waals surface area contributed by atoms with Crippen LogP contribution in [-0.4, -0.2) is 29.7 Å². The Bertz CT molecular complexity index is 852. The normalized spacial score (nSPS) is 10.3. The van der Waals surface area contributed by atoms with Crippen LogP contribution in [0.1, 0.15) is 46.0 Å². The molecule has 7 heteroatoms. The molecular formula is C18H21N3O4. The number of carbonyl (C=O) groups is 3. The van der Waals surface area contributed by atoms with Gasteiger partial charge in [-0.15, -0.1) is 0 Å². The summed E-state index contributed by atoms with van der Waals surface area (Å²) >= 11 is 0. The second kappa shape index (κ2) is 7.21. The van der Waals surface area contributed by atoms with Gasteiger partial charge >= 0.3 is 0 Å². The van der Waals surface area contributed by atoms with E-state index in [1.807, 2.05) is 0 Å². The molecule has 25 heavy (non-hydrogen) atoms. The first kappa shape index (κ1) is 18.3. The van der Waals surface area contributed by atoms with Crippen molar-refractivity contribution in [2.75, 3.05) is 17.7 Å². The Morgan fingerprint density at radius 1 is 1.04 bits per heavy atom. The Morgan fingerprint density at radius 2 is 1.72 bits per heavy atom. The molecule has 1 aromatic carbocycles. The van der Waals surface area contributed by atoms with Gasteiger partial charge in [0.25, 0.3) is 5.91 Å². The number of benzene rings is 1. The fourth-order valence-corrected chi connectivity index (χ4v) is 2.74. The predicted molar refractivity (Wildman–Crippen MR) is 95.5 cm³/mol. The number of amides is 2. The highest BCUT2D eigenvalue weighted by Crippen LogP contribution is 2.28. The molecule has 0 spiro atoms. The molecule has 0 aliphatic rings. The van der Waals surface area contributed by atoms with Crippen LogP contribution in [0.5, 0.6) is 5.75 Å². The summed E-state index contributed by atoms with van der Waals surface area (Å²) in [6.45, 7) is 6.31. The van der Waals surface area contributed by atoms with E-state index in [0.717, 1.165) is 0 Å². The van der Waals surface area contributed by atoms with Crippen molar-refractivity contribution in [3.8, 4) is 5.75 Å². The molecule has 132 valence electrons. The molecule has 2 amide bonds. The first-order chi connectivity index (χ1) is 11.7. The summed E-state index contributed by atoms with van der Waals surface area (Å²) in [7, 11) is 1.51. The van der Waals surface area contributed by atoms with Crippen molar-refractivity contribution < 1.29 is 19.1 Å². The maximum atomic E-state index is 12.7. The topological polar surface area (TPSA) is 100 Å². The summed E-state index contributed by atoms with van der Waals surface area (Å²) in [6.07, 6.45) is 0. The van der Waals surface area contributed by atoms with Gasteiger partial charge in [0.15, 0.2) is 5.78 Å². The largest absolute Gasteiger partial charge is 0.497 e. The van der Waals surface area contributed by atoms with Gasteiger partial charge in [-0.05, 0) is 38.5 Å². The molecule has 1 aromatic heterocycles. The van der Waals surface area contributed by atoms with Crippen LogP contribution in [0.3, 0.4) is 0 Å². The first-order valence-corrected chi connectivity index (χ1v) is 7.71. The number of ketones is 1. The zero-order valence-electron chi connectivity index (χ0n) is 14.9. The third-order valence-electron chi connectivity index (χ3n) is 3.80. The maximum Gasteiger partial charge on any atom is 0.272 e. The molecule has 0 atom stereocenters. The van der Waals surface area contributed by atoms with E-state index < -0.39 is 5.91 Å². The Morgan fingerprint density at radius 3 is 2.24 bits per heavy atom.